The van der Waals surface area contributed by atoms with E-state index in [1.165, 1.54) is 4.90 Å². The molecule has 0 aromatic heterocycles. The molecule has 0 saturated heterocycles. The molecule has 0 aromatic carbocycles. The van der Waals surface area contributed by atoms with Crippen LogP contribution in [0.4, 0.5) is 0 Å². The maximum Gasteiger partial charge on any atom is 0.237 e. The fraction of sp³-hybridized carbons (Fsp3) is 0.750. The summed E-state index contributed by atoms with van der Waals surface area (Å²) in [5.41, 5.74) is 10.4. The van der Waals surface area contributed by atoms with Gasteiger partial charge in [-0.1, -0.05) is 0 Å². The first-order valence-electron chi connectivity index (χ1n) is 4.29. The number of carbonyl (C=O) groups is 2. The van der Waals surface area contributed by atoms with E-state index in [-0.39, 0.29) is 24.9 Å². The summed E-state index contributed by atoms with van der Waals surface area (Å²) in [6.45, 7) is 3.99. The molecule has 2 amide bonds. The lowest BCUT2D eigenvalue weighted by Crippen LogP contribution is -2.40. The van der Waals surface area contributed by atoms with Gasteiger partial charge in [-0.15, -0.1) is 0 Å². The summed E-state index contributed by atoms with van der Waals surface area (Å²) >= 11 is 0. The number of rotatable bonds is 5. The molecule has 0 aliphatic rings. The Balaban J connectivity index is 4.07. The molecule has 0 heterocycles. The Morgan fingerprint density at radius 2 is 2.00 bits per heavy atom. The highest BCUT2D eigenvalue weighted by atomic mass is 16.2. The number of carbonyl (C=O) groups excluding carboxylic acids is 2. The van der Waals surface area contributed by atoms with Crippen LogP contribution in [0.1, 0.15) is 20.3 Å². The van der Waals surface area contributed by atoms with Crippen molar-refractivity contribution in [3.63, 3.8) is 0 Å². The quantitative estimate of drug-likeness (QED) is 0.582. The summed E-state index contributed by atoms with van der Waals surface area (Å²) in [6.07, 6.45) is 0.251. The molecule has 0 rings (SSSR count). The molecule has 5 nitrogen and oxygen atoms in total. The van der Waals surface area contributed by atoms with Crippen molar-refractivity contribution in [2.45, 2.75) is 26.3 Å². The smallest absolute Gasteiger partial charge is 0.237 e. The van der Waals surface area contributed by atoms with Gasteiger partial charge in [-0.05, 0) is 13.8 Å². The van der Waals surface area contributed by atoms with Crippen LogP contribution < -0.4 is 11.5 Å². The van der Waals surface area contributed by atoms with Gasteiger partial charge in [-0.2, -0.15) is 0 Å². The van der Waals surface area contributed by atoms with Crippen molar-refractivity contribution < 1.29 is 9.59 Å². The molecule has 0 saturated carbocycles. The molecule has 0 bridgehead atoms. The van der Waals surface area contributed by atoms with E-state index in [0.29, 0.717) is 6.54 Å². The average Bonchev–Trinajstić information content (AvgIpc) is 1.98. The van der Waals surface area contributed by atoms with Gasteiger partial charge in [0.25, 0.3) is 0 Å². The number of hydrogen-bond donors (Lipinski definition) is 2. The van der Waals surface area contributed by atoms with E-state index in [1.807, 2.05) is 0 Å². The third-order valence-corrected chi connectivity index (χ3v) is 1.58. The monoisotopic (exact) mass is 187 g/mol. The fourth-order valence-electron chi connectivity index (χ4n) is 0.969. The molecule has 0 spiro atoms. The zero-order valence-electron chi connectivity index (χ0n) is 8.12. The molecule has 5 heteroatoms. The molecule has 4 N–H and O–H groups in total. The van der Waals surface area contributed by atoms with E-state index in [0.717, 1.165) is 0 Å². The summed E-state index contributed by atoms with van der Waals surface area (Å²) in [4.78, 5) is 23.3. The van der Waals surface area contributed by atoms with E-state index < -0.39 is 5.91 Å². The third kappa shape index (κ3) is 5.19. The van der Waals surface area contributed by atoms with Gasteiger partial charge in [-0.25, -0.2) is 0 Å². The lowest BCUT2D eigenvalue weighted by atomic mass is 10.2. The first kappa shape index (κ1) is 11.9. The summed E-state index contributed by atoms with van der Waals surface area (Å²) in [6, 6.07) is -0.186. The number of hydrogen-bond acceptors (Lipinski definition) is 3. The molecule has 0 radical (unpaired) electrons. The zero-order valence-corrected chi connectivity index (χ0v) is 8.12. The van der Waals surface area contributed by atoms with Crippen LogP contribution in [0.2, 0.25) is 0 Å². The summed E-state index contributed by atoms with van der Waals surface area (Å²) in [5.74, 6) is -0.629. The van der Waals surface area contributed by atoms with Gasteiger partial charge in [0.1, 0.15) is 0 Å². The molecule has 1 atom stereocenters. The van der Waals surface area contributed by atoms with Gasteiger partial charge in [-0.3, -0.25) is 9.59 Å². The summed E-state index contributed by atoms with van der Waals surface area (Å²) in [5, 5.41) is 0. The van der Waals surface area contributed by atoms with Crippen LogP contribution >= 0.6 is 0 Å². The van der Waals surface area contributed by atoms with Crippen molar-refractivity contribution in [2.75, 3.05) is 13.1 Å². The largest absolute Gasteiger partial charge is 0.368 e. The number of primary amides is 1. The molecule has 0 aliphatic carbocycles. The molecule has 0 aliphatic heterocycles. The highest BCUT2D eigenvalue weighted by Crippen LogP contribution is 1.96. The van der Waals surface area contributed by atoms with Gasteiger partial charge in [0.05, 0.1) is 6.54 Å². The molecular weight excluding hydrogens is 170 g/mol. The second-order valence-corrected chi connectivity index (χ2v) is 3.06. The van der Waals surface area contributed by atoms with Crippen LogP contribution in [0.15, 0.2) is 0 Å². The Labute approximate surface area is 78.1 Å². The second kappa shape index (κ2) is 5.53. The second-order valence-electron chi connectivity index (χ2n) is 3.06. The van der Waals surface area contributed by atoms with E-state index in [1.54, 1.807) is 13.8 Å². The first-order valence-corrected chi connectivity index (χ1v) is 4.29. The van der Waals surface area contributed by atoms with Gasteiger partial charge >= 0.3 is 0 Å². The predicted octanol–water partition coefficient (Wildman–Crippen LogP) is -0.942. The van der Waals surface area contributed by atoms with Gasteiger partial charge in [0.15, 0.2) is 0 Å². The number of amides is 2. The van der Waals surface area contributed by atoms with Crippen molar-refractivity contribution in [3.05, 3.63) is 0 Å². The topological polar surface area (TPSA) is 89.4 Å². The Kier molecular flexibility index (Phi) is 5.06. The van der Waals surface area contributed by atoms with Crippen molar-refractivity contribution in [1.82, 2.24) is 4.90 Å². The maximum atomic E-state index is 11.4. The van der Waals surface area contributed by atoms with Crippen LogP contribution in [0.25, 0.3) is 0 Å². The lowest BCUT2D eigenvalue weighted by Gasteiger charge is -2.19. The van der Waals surface area contributed by atoms with E-state index >= 15 is 0 Å². The van der Waals surface area contributed by atoms with Gasteiger partial charge in [0.2, 0.25) is 11.8 Å². The van der Waals surface area contributed by atoms with Crippen LogP contribution in [0, 0.1) is 0 Å². The number of likely N-dealkylation sites (N-methyl/N-ethyl adjacent to an activating group) is 1. The van der Waals surface area contributed by atoms with E-state index in [4.69, 9.17) is 11.5 Å². The van der Waals surface area contributed by atoms with E-state index in [2.05, 4.69) is 0 Å². The Bertz CT molecular complexity index is 192. The molecule has 0 aromatic rings. The standard InChI is InChI=1S/C8H17N3O2/c1-3-11(5-7(10)12)8(13)4-6(2)9/h6H,3-5,9H2,1-2H3,(H2,10,12). The fourth-order valence-corrected chi connectivity index (χ4v) is 0.969. The van der Waals surface area contributed by atoms with Gasteiger partial charge in [0, 0.05) is 19.0 Å². The number of nitrogens with zero attached hydrogens (tertiary/aromatic N) is 1. The molecule has 76 valence electrons. The highest BCUT2D eigenvalue weighted by molar-refractivity contribution is 5.84. The minimum absolute atomic E-state index is 0.0257. The Morgan fingerprint density at radius 3 is 2.31 bits per heavy atom. The third-order valence-electron chi connectivity index (χ3n) is 1.58. The van der Waals surface area contributed by atoms with Crippen molar-refractivity contribution >= 4 is 11.8 Å². The predicted molar refractivity (Wildman–Crippen MR) is 49.7 cm³/mol. The van der Waals surface area contributed by atoms with Gasteiger partial charge < -0.3 is 16.4 Å². The van der Waals surface area contributed by atoms with Crippen molar-refractivity contribution in [1.29, 1.82) is 0 Å². The minimum Gasteiger partial charge on any atom is -0.368 e. The Hall–Kier alpha value is -1.10. The summed E-state index contributed by atoms with van der Waals surface area (Å²) < 4.78 is 0. The van der Waals surface area contributed by atoms with Crippen molar-refractivity contribution in [2.24, 2.45) is 11.5 Å². The van der Waals surface area contributed by atoms with E-state index in [9.17, 15) is 9.59 Å². The minimum atomic E-state index is -0.500. The summed E-state index contributed by atoms with van der Waals surface area (Å²) in [7, 11) is 0. The lowest BCUT2D eigenvalue weighted by molar-refractivity contribution is -0.135. The first-order chi connectivity index (χ1) is 5.97. The van der Waals surface area contributed by atoms with Crippen LogP contribution in [-0.4, -0.2) is 35.8 Å². The van der Waals surface area contributed by atoms with Crippen molar-refractivity contribution in [3.8, 4) is 0 Å². The highest BCUT2D eigenvalue weighted by Gasteiger charge is 2.14. The van der Waals surface area contributed by atoms with Crippen LogP contribution in [0.5, 0.6) is 0 Å². The number of nitrogens with two attached hydrogens (primary N) is 2. The molecule has 13 heavy (non-hydrogen) atoms. The molecular formula is C8H17N3O2. The Morgan fingerprint density at radius 1 is 1.46 bits per heavy atom. The maximum absolute atomic E-state index is 11.4. The normalized spacial score (nSPS) is 12.2. The SMILES string of the molecule is CCN(CC(N)=O)C(=O)CC(C)N. The molecule has 1 unspecified atom stereocenters. The van der Waals surface area contributed by atoms with Crippen LogP contribution in [0.3, 0.4) is 0 Å². The average molecular weight is 187 g/mol. The van der Waals surface area contributed by atoms with Crippen LogP contribution in [-0.2, 0) is 9.59 Å². The molecule has 0 fully saturated rings. The zero-order chi connectivity index (χ0) is 10.4.